The average Bonchev–Trinajstić information content (AvgIpc) is 2.95. The number of rotatable bonds is 2. The fourth-order valence-corrected chi connectivity index (χ4v) is 2.06. The van der Waals surface area contributed by atoms with Gasteiger partial charge in [-0.15, -0.1) is 0 Å². The van der Waals surface area contributed by atoms with E-state index in [4.69, 9.17) is 4.42 Å². The lowest BCUT2D eigenvalue weighted by Crippen LogP contribution is -2.00. The van der Waals surface area contributed by atoms with Crippen molar-refractivity contribution in [2.24, 2.45) is 0 Å². The smallest absolute Gasteiger partial charge is 0.338 e. The molecule has 0 aliphatic carbocycles. The van der Waals surface area contributed by atoms with Crippen molar-refractivity contribution >= 4 is 16.9 Å². The van der Waals surface area contributed by atoms with Gasteiger partial charge in [0.05, 0.1) is 11.8 Å². The lowest BCUT2D eigenvalue weighted by Gasteiger charge is -2.01. The van der Waals surface area contributed by atoms with Crippen molar-refractivity contribution in [1.82, 2.24) is 10.2 Å². The third-order valence-corrected chi connectivity index (χ3v) is 2.92. The van der Waals surface area contributed by atoms with E-state index in [0.29, 0.717) is 22.5 Å². The van der Waals surface area contributed by atoms with Crippen molar-refractivity contribution in [2.75, 3.05) is 0 Å². The number of hydrogen-bond donors (Lipinski definition) is 2. The number of nitrogens with one attached hydrogen (secondary N) is 1. The van der Waals surface area contributed by atoms with Gasteiger partial charge >= 0.3 is 5.97 Å². The maximum atomic E-state index is 11.3. The molecule has 3 rings (SSSR count). The quantitative estimate of drug-likeness (QED) is 0.724. The Morgan fingerprint density at radius 3 is 2.89 bits per heavy atom. The number of carboxylic acids is 1. The standard InChI is InChI=1S/C13H10N2O3/c1-7-4-5-8-11(9-3-2-6-18-9)14-15-12(8)10(7)13(16)17/h2-6H,1H3,(H,14,15)(H,16,17). The lowest BCUT2D eigenvalue weighted by molar-refractivity contribution is 0.0698. The number of nitrogens with zero attached hydrogens (tertiary/aromatic N) is 1. The summed E-state index contributed by atoms with van der Waals surface area (Å²) < 4.78 is 5.30. The maximum absolute atomic E-state index is 11.3. The minimum absolute atomic E-state index is 0.224. The molecular weight excluding hydrogens is 232 g/mol. The number of benzene rings is 1. The van der Waals surface area contributed by atoms with Gasteiger partial charge in [-0.2, -0.15) is 5.10 Å². The number of carbonyl (C=O) groups is 1. The van der Waals surface area contributed by atoms with Crippen molar-refractivity contribution in [3.63, 3.8) is 0 Å². The van der Waals surface area contributed by atoms with Crippen LogP contribution in [0.15, 0.2) is 34.9 Å². The van der Waals surface area contributed by atoms with Crippen LogP contribution in [0.1, 0.15) is 15.9 Å². The first-order valence-corrected chi connectivity index (χ1v) is 5.43. The highest BCUT2D eigenvalue weighted by Crippen LogP contribution is 2.29. The summed E-state index contributed by atoms with van der Waals surface area (Å²) in [5.74, 6) is -0.340. The molecule has 2 aromatic heterocycles. The van der Waals surface area contributed by atoms with Gasteiger partial charge in [0.2, 0.25) is 0 Å². The number of aromatic nitrogens is 2. The first-order chi connectivity index (χ1) is 8.68. The number of furan rings is 1. The topological polar surface area (TPSA) is 79.1 Å². The molecule has 0 saturated heterocycles. The van der Waals surface area contributed by atoms with Gasteiger partial charge in [0.25, 0.3) is 0 Å². The highest BCUT2D eigenvalue weighted by Gasteiger charge is 2.18. The molecule has 18 heavy (non-hydrogen) atoms. The zero-order valence-corrected chi connectivity index (χ0v) is 9.60. The van der Waals surface area contributed by atoms with E-state index >= 15 is 0 Å². The Bertz CT molecular complexity index is 726. The molecule has 0 aliphatic rings. The Balaban J connectivity index is 2.34. The van der Waals surface area contributed by atoms with Crippen molar-refractivity contribution < 1.29 is 14.3 Å². The number of aromatic carboxylic acids is 1. The van der Waals surface area contributed by atoms with Crippen molar-refractivity contribution in [3.8, 4) is 11.5 Å². The molecule has 0 unspecified atom stereocenters. The van der Waals surface area contributed by atoms with E-state index in [2.05, 4.69) is 10.2 Å². The molecule has 90 valence electrons. The molecule has 0 bridgehead atoms. The van der Waals surface area contributed by atoms with Crippen molar-refractivity contribution in [2.45, 2.75) is 6.92 Å². The normalized spacial score (nSPS) is 10.9. The monoisotopic (exact) mass is 242 g/mol. The molecular formula is C13H10N2O3. The van der Waals surface area contributed by atoms with Crippen LogP contribution in [-0.2, 0) is 0 Å². The van der Waals surface area contributed by atoms with Gasteiger partial charge in [-0.3, -0.25) is 5.10 Å². The Morgan fingerprint density at radius 2 is 2.22 bits per heavy atom. The summed E-state index contributed by atoms with van der Waals surface area (Å²) in [4.78, 5) is 11.3. The van der Waals surface area contributed by atoms with Gasteiger partial charge in [0.15, 0.2) is 5.76 Å². The van der Waals surface area contributed by atoms with Crippen molar-refractivity contribution in [1.29, 1.82) is 0 Å². The first kappa shape index (κ1) is 10.6. The molecule has 2 heterocycles. The van der Waals surface area contributed by atoms with E-state index in [9.17, 15) is 9.90 Å². The van der Waals surface area contributed by atoms with Crippen LogP contribution in [-0.4, -0.2) is 21.3 Å². The highest BCUT2D eigenvalue weighted by atomic mass is 16.4. The Morgan fingerprint density at radius 1 is 1.39 bits per heavy atom. The zero-order chi connectivity index (χ0) is 12.7. The summed E-state index contributed by atoms with van der Waals surface area (Å²) in [5, 5.41) is 16.9. The van der Waals surface area contributed by atoms with Crippen LogP contribution in [0.25, 0.3) is 22.4 Å². The van der Waals surface area contributed by atoms with Crippen LogP contribution in [0.4, 0.5) is 0 Å². The second-order valence-electron chi connectivity index (χ2n) is 4.03. The summed E-state index contributed by atoms with van der Waals surface area (Å²) in [6, 6.07) is 7.19. The van der Waals surface area contributed by atoms with Gasteiger partial charge in [-0.25, -0.2) is 4.79 Å². The van der Waals surface area contributed by atoms with E-state index in [1.54, 1.807) is 31.4 Å². The average molecular weight is 242 g/mol. The van der Waals surface area contributed by atoms with Crippen molar-refractivity contribution in [3.05, 3.63) is 41.7 Å². The molecule has 0 amide bonds. The maximum Gasteiger partial charge on any atom is 0.338 e. The third-order valence-electron chi connectivity index (χ3n) is 2.92. The second kappa shape index (κ2) is 3.73. The van der Waals surface area contributed by atoms with E-state index in [0.717, 1.165) is 5.39 Å². The van der Waals surface area contributed by atoms with Gasteiger partial charge in [0, 0.05) is 5.39 Å². The summed E-state index contributed by atoms with van der Waals surface area (Å²) in [7, 11) is 0. The fraction of sp³-hybridized carbons (Fsp3) is 0.0769. The van der Waals surface area contributed by atoms with Gasteiger partial charge in [0.1, 0.15) is 11.2 Å². The minimum atomic E-state index is -0.976. The third kappa shape index (κ3) is 1.41. The minimum Gasteiger partial charge on any atom is -0.478 e. The highest BCUT2D eigenvalue weighted by molar-refractivity contribution is 6.06. The molecule has 0 radical (unpaired) electrons. The Hall–Kier alpha value is -2.56. The van der Waals surface area contributed by atoms with Crippen LogP contribution in [0.3, 0.4) is 0 Å². The summed E-state index contributed by atoms with van der Waals surface area (Å²) in [6.07, 6.45) is 1.56. The summed E-state index contributed by atoms with van der Waals surface area (Å²) >= 11 is 0. The molecule has 0 atom stereocenters. The SMILES string of the molecule is Cc1ccc2c(-c3ccco3)[nH]nc2c1C(=O)O. The molecule has 0 fully saturated rings. The number of carboxylic acid groups (broad SMARTS) is 1. The van der Waals surface area contributed by atoms with Crippen LogP contribution < -0.4 is 0 Å². The number of H-pyrrole nitrogens is 1. The Labute approximate surface area is 102 Å². The molecule has 2 N–H and O–H groups in total. The van der Waals surface area contributed by atoms with Crippen LogP contribution >= 0.6 is 0 Å². The van der Waals surface area contributed by atoms with Crippen LogP contribution in [0.2, 0.25) is 0 Å². The molecule has 5 nitrogen and oxygen atoms in total. The van der Waals surface area contributed by atoms with Gasteiger partial charge < -0.3 is 9.52 Å². The summed E-state index contributed by atoms with van der Waals surface area (Å²) in [6.45, 7) is 1.75. The fourth-order valence-electron chi connectivity index (χ4n) is 2.06. The predicted molar refractivity (Wildman–Crippen MR) is 65.5 cm³/mol. The first-order valence-electron chi connectivity index (χ1n) is 5.43. The lowest BCUT2D eigenvalue weighted by atomic mass is 10.0. The number of hydrogen-bond acceptors (Lipinski definition) is 3. The molecule has 0 spiro atoms. The van der Waals surface area contributed by atoms with Gasteiger partial charge in [-0.1, -0.05) is 12.1 Å². The van der Waals surface area contributed by atoms with Crippen LogP contribution in [0.5, 0.6) is 0 Å². The molecule has 5 heteroatoms. The molecule has 0 saturated carbocycles. The zero-order valence-electron chi connectivity index (χ0n) is 9.60. The largest absolute Gasteiger partial charge is 0.478 e. The summed E-state index contributed by atoms with van der Waals surface area (Å²) in [5.41, 5.74) is 2.06. The van der Waals surface area contributed by atoms with Gasteiger partial charge in [-0.05, 0) is 24.6 Å². The number of aromatic amines is 1. The second-order valence-corrected chi connectivity index (χ2v) is 4.03. The number of aryl methyl sites for hydroxylation is 1. The Kier molecular flexibility index (Phi) is 2.19. The van der Waals surface area contributed by atoms with E-state index in [1.165, 1.54) is 0 Å². The molecule has 1 aromatic carbocycles. The van der Waals surface area contributed by atoms with E-state index in [1.807, 2.05) is 6.07 Å². The molecule has 3 aromatic rings. The van der Waals surface area contributed by atoms with Crippen LogP contribution in [0, 0.1) is 6.92 Å². The van der Waals surface area contributed by atoms with E-state index in [-0.39, 0.29) is 5.56 Å². The molecule has 0 aliphatic heterocycles. The predicted octanol–water partition coefficient (Wildman–Crippen LogP) is 2.83. The number of fused-ring (bicyclic) bond motifs is 1. The van der Waals surface area contributed by atoms with E-state index < -0.39 is 5.97 Å².